The summed E-state index contributed by atoms with van der Waals surface area (Å²) in [6.07, 6.45) is 4.36. The van der Waals surface area contributed by atoms with Crippen molar-refractivity contribution in [1.82, 2.24) is 0 Å². The third-order valence-electron chi connectivity index (χ3n) is 6.31. The van der Waals surface area contributed by atoms with Gasteiger partial charge in [-0.05, 0) is 66.2 Å². The van der Waals surface area contributed by atoms with Gasteiger partial charge in [0.05, 0.1) is 0 Å². The maximum absolute atomic E-state index is 10.8. The number of phenols is 2. The number of carboxylic acids is 2. The van der Waals surface area contributed by atoms with E-state index in [2.05, 4.69) is 91.4 Å². The van der Waals surface area contributed by atoms with Crippen molar-refractivity contribution in [1.29, 1.82) is 0 Å². The molecule has 0 unspecified atom stereocenters. The first-order valence-corrected chi connectivity index (χ1v) is 14.7. The van der Waals surface area contributed by atoms with E-state index >= 15 is 0 Å². The van der Waals surface area contributed by atoms with E-state index < -0.39 is 11.9 Å². The topological polar surface area (TPSA) is 145 Å². The fraction of sp³-hybridized carbons (Fsp3) is 0.543. The molecule has 0 saturated heterocycles. The summed E-state index contributed by atoms with van der Waals surface area (Å²) in [5.74, 6) is -0.775. The number of nitrogens with zero attached hydrogens (tertiary/aromatic N) is 2. The van der Waals surface area contributed by atoms with E-state index in [1.54, 1.807) is 12.4 Å². The van der Waals surface area contributed by atoms with Crippen molar-refractivity contribution < 1.29 is 46.8 Å². The van der Waals surface area contributed by atoms with Crippen LogP contribution in [0.1, 0.15) is 135 Å². The fourth-order valence-corrected chi connectivity index (χ4v) is 3.95. The van der Waals surface area contributed by atoms with Crippen molar-refractivity contribution in [2.24, 2.45) is 9.98 Å². The SMILES string of the molecule is CC(=O)[O-].CC(=O)[O-].CC(C)c1cc(C=NCCCN=Cc2cc(C(C)C)cc(C(C)(C)C)c2O)c(O)c(C(C)(C)C)c1.[Co+2]. The standard InChI is InChI=1S/C31H46N2O2.2C2H4O2.Co/c1-20(2)22-14-24(28(34)26(16-22)30(5,6)7)18-32-12-11-13-33-19-25-15-23(21(3)4)17-27(29(25)35)31(8,9)10;2*1-2(3)4;/h14-21,34-35H,11-13H2,1-10H3;2*1H3,(H,3,4);/q;;;+2/p-2. The zero-order chi connectivity index (χ0) is 33.7. The van der Waals surface area contributed by atoms with Crippen LogP contribution in [0.5, 0.6) is 11.5 Å². The molecule has 0 aliphatic rings. The first-order chi connectivity index (χ1) is 19.6. The van der Waals surface area contributed by atoms with Crippen LogP contribution in [0.15, 0.2) is 34.3 Å². The van der Waals surface area contributed by atoms with Gasteiger partial charge in [0.2, 0.25) is 0 Å². The van der Waals surface area contributed by atoms with Crippen LogP contribution in [0, 0.1) is 0 Å². The minimum atomic E-state index is -1.08. The molecule has 44 heavy (non-hydrogen) atoms. The summed E-state index contributed by atoms with van der Waals surface area (Å²) >= 11 is 0. The molecule has 0 bridgehead atoms. The van der Waals surface area contributed by atoms with Gasteiger partial charge in [-0.25, -0.2) is 0 Å². The van der Waals surface area contributed by atoms with Gasteiger partial charge in [-0.3, -0.25) is 9.98 Å². The maximum atomic E-state index is 10.8. The first kappa shape index (κ1) is 43.0. The third kappa shape index (κ3) is 16.1. The van der Waals surface area contributed by atoms with Crippen LogP contribution in [0.2, 0.25) is 0 Å². The number of aliphatic imine (C=N–C) groups is 2. The Morgan fingerprint density at radius 2 is 0.977 bits per heavy atom. The molecule has 2 aromatic rings. The molecule has 0 aromatic heterocycles. The number of aliphatic carboxylic acids is 2. The second kappa shape index (κ2) is 19.3. The predicted octanol–water partition coefficient (Wildman–Crippen LogP) is 5.38. The summed E-state index contributed by atoms with van der Waals surface area (Å²) in [5.41, 5.74) is 5.58. The molecule has 0 aliphatic carbocycles. The van der Waals surface area contributed by atoms with E-state index in [1.807, 2.05) is 12.1 Å². The second-order valence-electron chi connectivity index (χ2n) is 13.2. The molecule has 0 atom stereocenters. The minimum Gasteiger partial charge on any atom is -0.550 e. The van der Waals surface area contributed by atoms with Gasteiger partial charge < -0.3 is 30.0 Å². The number of carboxylic acid groups (broad SMARTS) is 2. The number of carbonyl (C=O) groups is 2. The van der Waals surface area contributed by atoms with E-state index in [-0.39, 0.29) is 27.6 Å². The zero-order valence-electron chi connectivity index (χ0n) is 28.5. The molecule has 9 heteroatoms. The fourth-order valence-electron chi connectivity index (χ4n) is 3.95. The number of hydrogen-bond acceptors (Lipinski definition) is 8. The molecule has 1 radical (unpaired) electrons. The summed E-state index contributed by atoms with van der Waals surface area (Å²) in [5, 5.41) is 39.4. The summed E-state index contributed by atoms with van der Waals surface area (Å²) in [6, 6.07) is 8.30. The Hall–Kier alpha value is -3.17. The zero-order valence-corrected chi connectivity index (χ0v) is 29.5. The van der Waals surface area contributed by atoms with Crippen LogP contribution in [0.4, 0.5) is 0 Å². The average Bonchev–Trinajstić information content (AvgIpc) is 2.82. The van der Waals surface area contributed by atoms with Gasteiger partial charge in [0, 0.05) is 59.7 Å². The van der Waals surface area contributed by atoms with Gasteiger partial charge in [-0.1, -0.05) is 81.4 Å². The Bertz CT molecular complexity index is 1160. The molecule has 0 fully saturated rings. The first-order valence-electron chi connectivity index (χ1n) is 14.7. The summed E-state index contributed by atoms with van der Waals surface area (Å²) in [6.45, 7) is 24.5. The van der Waals surface area contributed by atoms with Gasteiger partial charge in [-0.2, -0.15) is 0 Å². The van der Waals surface area contributed by atoms with Crippen molar-refractivity contribution in [3.63, 3.8) is 0 Å². The largest absolute Gasteiger partial charge is 2.00 e. The number of carbonyl (C=O) groups excluding carboxylic acids is 2. The quantitative estimate of drug-likeness (QED) is 0.289. The van der Waals surface area contributed by atoms with Gasteiger partial charge in [0.25, 0.3) is 0 Å². The van der Waals surface area contributed by atoms with E-state index in [0.717, 1.165) is 42.5 Å². The minimum absolute atomic E-state index is 0. The molecule has 8 nitrogen and oxygen atoms in total. The molecule has 0 aliphatic heterocycles. The molecule has 0 spiro atoms. The monoisotopic (exact) mass is 655 g/mol. The molecule has 0 saturated carbocycles. The predicted molar refractivity (Wildman–Crippen MR) is 173 cm³/mol. The van der Waals surface area contributed by atoms with Crippen molar-refractivity contribution in [3.8, 4) is 11.5 Å². The number of benzene rings is 2. The van der Waals surface area contributed by atoms with E-state index in [1.165, 1.54) is 11.1 Å². The van der Waals surface area contributed by atoms with Crippen LogP contribution < -0.4 is 10.2 Å². The Morgan fingerprint density at radius 3 is 1.20 bits per heavy atom. The van der Waals surface area contributed by atoms with Crippen molar-refractivity contribution in [2.75, 3.05) is 13.1 Å². The average molecular weight is 656 g/mol. The van der Waals surface area contributed by atoms with Gasteiger partial charge in [0.15, 0.2) is 0 Å². The smallest absolute Gasteiger partial charge is 0.550 e. The van der Waals surface area contributed by atoms with Crippen molar-refractivity contribution >= 4 is 24.4 Å². The maximum Gasteiger partial charge on any atom is 2.00 e. The van der Waals surface area contributed by atoms with E-state index in [0.29, 0.717) is 36.4 Å². The molecule has 2 aromatic carbocycles. The summed E-state index contributed by atoms with van der Waals surface area (Å²) < 4.78 is 0. The Balaban J connectivity index is 0. The second-order valence-corrected chi connectivity index (χ2v) is 13.2. The van der Waals surface area contributed by atoms with Crippen LogP contribution in [-0.4, -0.2) is 47.7 Å². The summed E-state index contributed by atoms with van der Waals surface area (Å²) in [7, 11) is 0. The number of phenolic OH excluding ortho intramolecular Hbond substituents is 2. The molecule has 0 amide bonds. The molecule has 0 heterocycles. The van der Waals surface area contributed by atoms with Crippen LogP contribution >= 0.6 is 0 Å². The van der Waals surface area contributed by atoms with Crippen molar-refractivity contribution in [2.45, 2.75) is 112 Å². The Labute approximate surface area is 275 Å². The van der Waals surface area contributed by atoms with E-state index in [4.69, 9.17) is 19.8 Å². The summed E-state index contributed by atoms with van der Waals surface area (Å²) in [4.78, 5) is 26.9. The number of rotatable bonds is 8. The van der Waals surface area contributed by atoms with Gasteiger partial charge >= 0.3 is 16.8 Å². The molecule has 247 valence electrons. The third-order valence-corrected chi connectivity index (χ3v) is 6.31. The van der Waals surface area contributed by atoms with Crippen LogP contribution in [-0.2, 0) is 37.2 Å². The van der Waals surface area contributed by atoms with Crippen LogP contribution in [0.3, 0.4) is 0 Å². The van der Waals surface area contributed by atoms with Gasteiger partial charge in [-0.15, -0.1) is 0 Å². The molecule has 2 N–H and O–H groups in total. The number of hydrogen-bond donors (Lipinski definition) is 2. The van der Waals surface area contributed by atoms with Crippen molar-refractivity contribution in [3.05, 3.63) is 57.6 Å². The number of aromatic hydroxyl groups is 2. The molecular weight excluding hydrogens is 603 g/mol. The van der Waals surface area contributed by atoms with Gasteiger partial charge in [0.1, 0.15) is 11.5 Å². The molecular formula is C35H52CoN2O6. The van der Waals surface area contributed by atoms with Crippen LogP contribution in [0.25, 0.3) is 0 Å². The molecule has 2 rings (SSSR count). The normalized spacial score (nSPS) is 11.6. The Kier molecular flexibility index (Phi) is 18.8. The van der Waals surface area contributed by atoms with E-state index in [9.17, 15) is 10.2 Å². The Morgan fingerprint density at radius 1 is 0.705 bits per heavy atom.